The summed E-state index contributed by atoms with van der Waals surface area (Å²) in [6, 6.07) is -5.33. The Kier molecular flexibility index (Phi) is 11.2. The van der Waals surface area contributed by atoms with E-state index in [9.17, 15) is 54.3 Å². The van der Waals surface area contributed by atoms with Gasteiger partial charge in [0.2, 0.25) is 11.8 Å². The molecule has 0 aliphatic carbocycles. The first-order chi connectivity index (χ1) is 16.7. The first kappa shape index (κ1) is 32.0. The number of primary amides is 1. The van der Waals surface area contributed by atoms with E-state index in [0.717, 1.165) is 0 Å². The number of hydrogen-bond acceptors (Lipinski definition) is 13. The molecule has 5 amide bonds. The van der Waals surface area contributed by atoms with Crippen LogP contribution in [0.5, 0.6) is 0 Å². The number of nitrogens with zero attached hydrogens (tertiary/aromatic N) is 1. The van der Waals surface area contributed by atoms with Crippen molar-refractivity contribution in [2.45, 2.75) is 48.8 Å². The monoisotopic (exact) mass is 587 g/mol. The zero-order valence-electron chi connectivity index (χ0n) is 18.9. The number of hydrogen-bond donors (Lipinski definition) is 10. The van der Waals surface area contributed by atoms with Gasteiger partial charge in [-0.1, -0.05) is 0 Å². The summed E-state index contributed by atoms with van der Waals surface area (Å²) in [5, 5.41) is 62.6. The van der Waals surface area contributed by atoms with Crippen molar-refractivity contribution in [2.75, 3.05) is 13.2 Å². The quantitative estimate of drug-likeness (QED) is 0.0837. The van der Waals surface area contributed by atoms with E-state index in [0.29, 0.717) is 4.90 Å². The van der Waals surface area contributed by atoms with Gasteiger partial charge in [0.1, 0.15) is 43.2 Å². The Labute approximate surface area is 219 Å². The zero-order valence-corrected chi connectivity index (χ0v) is 21.8. The van der Waals surface area contributed by atoms with E-state index in [1.165, 1.54) is 0 Å². The number of carbonyl (C=O) groups is 6. The number of imide groups is 1. The number of nitrogens with one attached hydrogen (secondary N) is 2. The molecule has 19 nitrogen and oxygen atoms in total. The topological polar surface area (TPSA) is 322 Å². The Balaban J connectivity index is 0.00000684. The first-order valence-electron chi connectivity index (χ1n) is 10.1. The summed E-state index contributed by atoms with van der Waals surface area (Å²) in [6.07, 6.45) is -13.1. The van der Waals surface area contributed by atoms with E-state index >= 15 is 0 Å². The molecule has 20 heteroatoms. The third kappa shape index (κ3) is 7.28. The largest absolute Gasteiger partial charge is 0.481 e. The summed E-state index contributed by atoms with van der Waals surface area (Å²) < 4.78 is 9.54. The van der Waals surface area contributed by atoms with Gasteiger partial charge >= 0.3 is 24.1 Å². The smallest absolute Gasteiger partial charge is 0.404 e. The van der Waals surface area contributed by atoms with Crippen molar-refractivity contribution in [1.82, 2.24) is 15.5 Å². The summed E-state index contributed by atoms with van der Waals surface area (Å²) in [7, 11) is 0. The Morgan fingerprint density at radius 3 is 2.27 bits per heavy atom. The number of ether oxygens (including phenoxy) is 2. The fourth-order valence-electron chi connectivity index (χ4n) is 3.45. The van der Waals surface area contributed by atoms with Gasteiger partial charge in [-0.05, 0) is 0 Å². The van der Waals surface area contributed by atoms with Gasteiger partial charge in [0, 0.05) is 26.0 Å². The number of aliphatic hydroxyl groups is 4. The Morgan fingerprint density at radius 1 is 1.16 bits per heavy atom. The fourth-order valence-corrected chi connectivity index (χ4v) is 3.45. The van der Waals surface area contributed by atoms with Crippen molar-refractivity contribution in [3.8, 4) is 0 Å². The number of amides is 5. The first-order valence-corrected chi connectivity index (χ1v) is 10.1. The number of carbonyl (C=O) groups excluding carboxylic acids is 4. The summed E-state index contributed by atoms with van der Waals surface area (Å²) in [5.74, 6) is -7.70. The molecule has 9 atom stereocenters. The normalized spacial score (nSPS) is 28.7. The van der Waals surface area contributed by atoms with Gasteiger partial charge in [0.15, 0.2) is 18.2 Å². The van der Waals surface area contributed by atoms with Crippen LogP contribution in [0.1, 0.15) is 0 Å². The minimum atomic E-state index is -2.14. The maximum Gasteiger partial charge on any atom is 0.404 e. The Morgan fingerprint density at radius 2 is 1.76 bits per heavy atom. The van der Waals surface area contributed by atoms with Crippen LogP contribution in [-0.4, -0.2) is 133 Å². The third-order valence-corrected chi connectivity index (χ3v) is 5.42. The minimum absolute atomic E-state index is 0. The van der Waals surface area contributed by atoms with E-state index < -0.39 is 104 Å². The number of aliphatic carboxylic acids is 2. The number of carboxylic acids is 2. The van der Waals surface area contributed by atoms with Gasteiger partial charge in [0.25, 0.3) is 0 Å². The Hall–Kier alpha value is -3.00. The standard InChI is InChI=1S/C17H25N5O14.Zn/c18-5(7(24)4(23)2-35-16(19)33)12(28)20-6(15(31)32)10-8(25)9(26)13(36-10)22-1-3(14(29)30)11(27)21-17(22)34;/h3-10,13,23-26H,1-2,18H2,(H2,19,33)(H,20,28)(H,29,30)(H,31,32)(H,21,27,34);/t3?,4-,5-,6-,7+,8-,9+,10+,13+;/m0./s1. The maximum atomic E-state index is 12.4. The molecule has 2 rings (SSSR count). The van der Waals surface area contributed by atoms with Crippen LogP contribution in [-0.2, 0) is 48.1 Å². The van der Waals surface area contributed by atoms with Crippen LogP contribution in [0.25, 0.3) is 0 Å². The van der Waals surface area contributed by atoms with Crippen LogP contribution < -0.4 is 22.1 Å². The second-order valence-corrected chi connectivity index (χ2v) is 7.85. The molecule has 0 aromatic rings. The van der Waals surface area contributed by atoms with E-state index in [1.54, 1.807) is 5.32 Å². The molecule has 2 aliphatic heterocycles. The molecular weight excluding hydrogens is 564 g/mol. The van der Waals surface area contributed by atoms with Crippen molar-refractivity contribution < 1.29 is 88.4 Å². The van der Waals surface area contributed by atoms with Crippen molar-refractivity contribution in [3.63, 3.8) is 0 Å². The van der Waals surface area contributed by atoms with Gasteiger partial charge in [-0.25, -0.2) is 14.4 Å². The molecule has 0 radical (unpaired) electrons. The molecule has 204 valence electrons. The van der Waals surface area contributed by atoms with Crippen LogP contribution in [0.2, 0.25) is 0 Å². The Bertz CT molecular complexity index is 923. The number of rotatable bonds is 10. The summed E-state index contributed by atoms with van der Waals surface area (Å²) in [5.41, 5.74) is 10.2. The molecule has 0 saturated carbocycles. The van der Waals surface area contributed by atoms with Gasteiger partial charge in [-0.3, -0.25) is 24.6 Å². The molecule has 0 aromatic heterocycles. The molecule has 2 saturated heterocycles. The molecular formula is C17H25N5O14Zn. The van der Waals surface area contributed by atoms with Gasteiger partial charge < -0.3 is 56.9 Å². The van der Waals surface area contributed by atoms with Crippen molar-refractivity contribution in [2.24, 2.45) is 17.4 Å². The average Bonchev–Trinajstić information content (AvgIpc) is 3.08. The van der Waals surface area contributed by atoms with Gasteiger partial charge in [-0.2, -0.15) is 0 Å². The van der Waals surface area contributed by atoms with Crippen LogP contribution in [0.4, 0.5) is 9.59 Å². The van der Waals surface area contributed by atoms with Crippen LogP contribution in [0.15, 0.2) is 0 Å². The molecule has 1 unspecified atom stereocenters. The summed E-state index contributed by atoms with van der Waals surface area (Å²) in [4.78, 5) is 70.4. The van der Waals surface area contributed by atoms with E-state index in [-0.39, 0.29) is 19.5 Å². The average molecular weight is 589 g/mol. The van der Waals surface area contributed by atoms with E-state index in [4.69, 9.17) is 21.3 Å². The van der Waals surface area contributed by atoms with Crippen LogP contribution in [0.3, 0.4) is 0 Å². The van der Waals surface area contributed by atoms with E-state index in [2.05, 4.69) is 4.74 Å². The number of urea groups is 1. The van der Waals surface area contributed by atoms with Gasteiger partial charge in [-0.15, -0.1) is 0 Å². The maximum absolute atomic E-state index is 12.4. The second kappa shape index (κ2) is 13.0. The molecule has 2 aliphatic rings. The van der Waals surface area contributed by atoms with Crippen molar-refractivity contribution in [1.29, 1.82) is 0 Å². The molecule has 0 bridgehead atoms. The predicted molar refractivity (Wildman–Crippen MR) is 107 cm³/mol. The molecule has 0 aromatic carbocycles. The fraction of sp³-hybridized carbons (Fsp3) is 0.647. The number of aliphatic hydroxyl groups excluding tert-OH is 4. The summed E-state index contributed by atoms with van der Waals surface area (Å²) >= 11 is 0. The number of carboxylic acid groups (broad SMARTS) is 2. The van der Waals surface area contributed by atoms with Crippen molar-refractivity contribution in [3.05, 3.63) is 0 Å². The second-order valence-electron chi connectivity index (χ2n) is 7.85. The van der Waals surface area contributed by atoms with E-state index in [1.807, 2.05) is 5.32 Å². The SMILES string of the molecule is NC(=O)OC[C@H](O)[C@@H](O)[C@H](N)C(=O)N[C@H](C(=O)O)[C@H]1O[C@@H](N2CC(C(=O)O)C(=O)NC2=O)[C@H](O)[C@@H]1O.[Zn]. The molecule has 12 N–H and O–H groups in total. The van der Waals surface area contributed by atoms with Crippen LogP contribution in [0, 0.1) is 5.92 Å². The summed E-state index contributed by atoms with van der Waals surface area (Å²) in [6.45, 7) is -1.64. The molecule has 0 spiro atoms. The zero-order chi connectivity index (χ0) is 27.5. The third-order valence-electron chi connectivity index (χ3n) is 5.42. The molecule has 2 heterocycles. The van der Waals surface area contributed by atoms with Crippen molar-refractivity contribution >= 4 is 35.9 Å². The number of nitrogens with two attached hydrogens (primary N) is 2. The van der Waals surface area contributed by atoms with Gasteiger partial charge in [0.05, 0.1) is 0 Å². The van der Waals surface area contributed by atoms with Crippen LogP contribution >= 0.6 is 0 Å². The predicted octanol–water partition coefficient (Wildman–Crippen LogP) is -6.60. The minimum Gasteiger partial charge on any atom is -0.481 e. The molecule has 2 fully saturated rings. The molecule has 37 heavy (non-hydrogen) atoms.